The van der Waals surface area contributed by atoms with E-state index in [1.807, 2.05) is 6.92 Å². The van der Waals surface area contributed by atoms with Crippen LogP contribution in [0, 0.1) is 6.92 Å². The average Bonchev–Trinajstić information content (AvgIpc) is 2.61. The maximum absolute atomic E-state index is 12.7. The van der Waals surface area contributed by atoms with Gasteiger partial charge in [-0.3, -0.25) is 4.72 Å². The van der Waals surface area contributed by atoms with E-state index in [1.54, 1.807) is 24.9 Å². The maximum Gasteiger partial charge on any atom is 0.339 e. The Morgan fingerprint density at radius 1 is 1.37 bits per heavy atom. The van der Waals surface area contributed by atoms with Crippen molar-refractivity contribution in [3.63, 3.8) is 0 Å². The summed E-state index contributed by atoms with van der Waals surface area (Å²) in [4.78, 5) is 17.6. The van der Waals surface area contributed by atoms with Crippen molar-refractivity contribution in [3.8, 4) is 0 Å². The third kappa shape index (κ3) is 4.90. The van der Waals surface area contributed by atoms with E-state index in [0.717, 1.165) is 12.8 Å². The second-order valence-corrected chi connectivity index (χ2v) is 8.20. The van der Waals surface area contributed by atoms with Crippen LogP contribution in [0.15, 0.2) is 35.4 Å². The normalized spacial score (nSPS) is 11.3. The number of carbonyl (C=O) groups is 1. The van der Waals surface area contributed by atoms with Crippen LogP contribution in [-0.2, 0) is 10.0 Å². The van der Waals surface area contributed by atoms with Gasteiger partial charge in [0.05, 0.1) is 16.8 Å². The first-order valence-corrected chi connectivity index (χ1v) is 10.3. The number of hydrogen-bond donors (Lipinski definition) is 2. The van der Waals surface area contributed by atoms with E-state index in [2.05, 4.69) is 9.71 Å². The highest BCUT2D eigenvalue weighted by atomic mass is 35.5. The van der Waals surface area contributed by atoms with Gasteiger partial charge >= 0.3 is 5.97 Å². The number of carboxylic acids is 1. The van der Waals surface area contributed by atoms with Crippen molar-refractivity contribution in [1.82, 2.24) is 4.98 Å². The predicted molar refractivity (Wildman–Crippen MR) is 106 cm³/mol. The van der Waals surface area contributed by atoms with E-state index in [9.17, 15) is 18.3 Å². The van der Waals surface area contributed by atoms with Crippen molar-refractivity contribution in [1.29, 1.82) is 0 Å². The molecule has 0 spiro atoms. The van der Waals surface area contributed by atoms with E-state index in [4.69, 9.17) is 11.6 Å². The van der Waals surface area contributed by atoms with Crippen LogP contribution in [0.3, 0.4) is 0 Å². The number of pyridine rings is 1. The molecular weight excluding hydrogens is 390 g/mol. The van der Waals surface area contributed by atoms with Crippen LogP contribution in [-0.4, -0.2) is 38.1 Å². The van der Waals surface area contributed by atoms with Gasteiger partial charge in [0.15, 0.2) is 0 Å². The first-order chi connectivity index (χ1) is 12.7. The lowest BCUT2D eigenvalue weighted by atomic mass is 10.2. The molecule has 0 unspecified atom stereocenters. The number of nitrogens with one attached hydrogen (secondary N) is 1. The Morgan fingerprint density at radius 3 is 2.70 bits per heavy atom. The molecule has 2 N–H and O–H groups in total. The fourth-order valence-corrected chi connectivity index (χ4v) is 4.10. The summed E-state index contributed by atoms with van der Waals surface area (Å²) in [5.74, 6) is -0.890. The summed E-state index contributed by atoms with van der Waals surface area (Å²) in [6.07, 6.45) is 3.16. The van der Waals surface area contributed by atoms with Gasteiger partial charge in [-0.15, -0.1) is 0 Å². The van der Waals surface area contributed by atoms with Crippen LogP contribution >= 0.6 is 11.6 Å². The van der Waals surface area contributed by atoms with Crippen LogP contribution in [0.2, 0.25) is 5.02 Å². The predicted octanol–water partition coefficient (Wildman–Crippen LogP) is 3.78. The highest BCUT2D eigenvalue weighted by Gasteiger charge is 2.21. The summed E-state index contributed by atoms with van der Waals surface area (Å²) >= 11 is 6.00. The number of sulfonamides is 1. The zero-order valence-corrected chi connectivity index (χ0v) is 16.9. The molecule has 2 aromatic rings. The first-order valence-electron chi connectivity index (χ1n) is 8.39. The zero-order valence-electron chi connectivity index (χ0n) is 15.4. The maximum atomic E-state index is 12.7. The highest BCUT2D eigenvalue weighted by Crippen LogP contribution is 2.26. The van der Waals surface area contributed by atoms with Gasteiger partial charge < -0.3 is 10.0 Å². The van der Waals surface area contributed by atoms with E-state index in [0.29, 0.717) is 17.1 Å². The molecule has 9 heteroatoms. The van der Waals surface area contributed by atoms with Gasteiger partial charge in [-0.05, 0) is 37.1 Å². The molecule has 1 heterocycles. The quantitative estimate of drug-likeness (QED) is 0.685. The number of anilines is 2. The van der Waals surface area contributed by atoms with Crippen molar-refractivity contribution >= 4 is 39.1 Å². The third-order valence-electron chi connectivity index (χ3n) is 4.07. The molecule has 0 saturated carbocycles. The number of unbranched alkanes of at least 4 members (excludes halogenated alkanes) is 1. The molecule has 0 bridgehead atoms. The van der Waals surface area contributed by atoms with Gasteiger partial charge in [0.25, 0.3) is 10.0 Å². The van der Waals surface area contributed by atoms with Gasteiger partial charge in [0.1, 0.15) is 11.4 Å². The number of aromatic carboxylic acids is 1. The number of nitrogens with zero attached hydrogens (tertiary/aromatic N) is 2. The molecule has 27 heavy (non-hydrogen) atoms. The number of rotatable bonds is 8. The van der Waals surface area contributed by atoms with Crippen LogP contribution in [0.1, 0.15) is 35.7 Å². The van der Waals surface area contributed by atoms with E-state index >= 15 is 0 Å². The SMILES string of the molecule is CCCCN(C)c1ncc(NS(=O)(=O)c2cccc(Cl)c2C)cc1C(=O)O. The van der Waals surface area contributed by atoms with Crippen LogP contribution in [0.5, 0.6) is 0 Å². The van der Waals surface area contributed by atoms with Crippen LogP contribution in [0.25, 0.3) is 0 Å². The molecule has 0 aliphatic rings. The first kappa shape index (κ1) is 21.0. The summed E-state index contributed by atoms with van der Waals surface area (Å²) in [6.45, 7) is 4.29. The van der Waals surface area contributed by atoms with Gasteiger partial charge in [-0.1, -0.05) is 31.0 Å². The van der Waals surface area contributed by atoms with Crippen molar-refractivity contribution in [2.24, 2.45) is 0 Å². The lowest BCUT2D eigenvalue weighted by molar-refractivity contribution is 0.0697. The summed E-state index contributed by atoms with van der Waals surface area (Å²) in [5.41, 5.74) is 0.407. The van der Waals surface area contributed by atoms with E-state index in [-0.39, 0.29) is 22.0 Å². The number of halogens is 1. The number of hydrogen-bond acceptors (Lipinski definition) is 5. The molecule has 7 nitrogen and oxygen atoms in total. The largest absolute Gasteiger partial charge is 0.478 e. The summed E-state index contributed by atoms with van der Waals surface area (Å²) in [6, 6.07) is 5.84. The van der Waals surface area contributed by atoms with Crippen LogP contribution in [0.4, 0.5) is 11.5 Å². The zero-order chi connectivity index (χ0) is 20.2. The Balaban J connectivity index is 2.38. The smallest absolute Gasteiger partial charge is 0.339 e. The molecular formula is C18H22ClN3O4S. The van der Waals surface area contributed by atoms with E-state index < -0.39 is 16.0 Å². The summed E-state index contributed by atoms with van der Waals surface area (Å²) in [7, 11) is -2.18. The Hall–Kier alpha value is -2.32. The minimum Gasteiger partial charge on any atom is -0.478 e. The lowest BCUT2D eigenvalue weighted by Gasteiger charge is -2.20. The standard InChI is InChI=1S/C18H22ClN3O4S/c1-4-5-9-22(3)17-14(18(23)24)10-13(11-20-17)21-27(25,26)16-8-6-7-15(19)12(16)2/h6-8,10-11,21H,4-5,9H2,1-3H3,(H,23,24). The monoisotopic (exact) mass is 411 g/mol. The number of carboxylic acid groups (broad SMARTS) is 1. The Bertz CT molecular complexity index is 948. The highest BCUT2D eigenvalue weighted by molar-refractivity contribution is 7.92. The molecule has 146 valence electrons. The molecule has 0 aliphatic heterocycles. The molecule has 0 amide bonds. The Kier molecular flexibility index (Phi) is 6.67. The molecule has 0 fully saturated rings. The van der Waals surface area contributed by atoms with Crippen molar-refractivity contribution < 1.29 is 18.3 Å². The Morgan fingerprint density at radius 2 is 2.07 bits per heavy atom. The molecule has 1 aromatic heterocycles. The fraction of sp³-hybridized carbons (Fsp3) is 0.333. The average molecular weight is 412 g/mol. The van der Waals surface area contributed by atoms with Crippen molar-refractivity contribution in [2.45, 2.75) is 31.6 Å². The van der Waals surface area contributed by atoms with Gasteiger partial charge in [0.2, 0.25) is 0 Å². The van der Waals surface area contributed by atoms with Gasteiger partial charge in [0, 0.05) is 18.6 Å². The van der Waals surface area contributed by atoms with Gasteiger partial charge in [-0.25, -0.2) is 18.2 Å². The minimum absolute atomic E-state index is 0.0241. The second-order valence-electron chi connectivity index (χ2n) is 6.14. The number of aromatic nitrogens is 1. The molecule has 0 atom stereocenters. The summed E-state index contributed by atoms with van der Waals surface area (Å²) in [5, 5.41) is 9.83. The fourth-order valence-electron chi connectivity index (χ4n) is 2.57. The number of benzene rings is 1. The van der Waals surface area contributed by atoms with E-state index in [1.165, 1.54) is 24.4 Å². The second kappa shape index (κ2) is 8.58. The molecule has 2 rings (SSSR count). The molecule has 1 aromatic carbocycles. The van der Waals surface area contributed by atoms with Crippen molar-refractivity contribution in [2.75, 3.05) is 23.2 Å². The topological polar surface area (TPSA) is 99.6 Å². The lowest BCUT2D eigenvalue weighted by Crippen LogP contribution is -2.23. The van der Waals surface area contributed by atoms with Gasteiger partial charge in [-0.2, -0.15) is 0 Å². The minimum atomic E-state index is -3.94. The molecule has 0 saturated heterocycles. The van der Waals surface area contributed by atoms with Crippen molar-refractivity contribution in [3.05, 3.63) is 46.6 Å². The summed E-state index contributed by atoms with van der Waals surface area (Å²) < 4.78 is 27.7. The van der Waals surface area contributed by atoms with Crippen LogP contribution < -0.4 is 9.62 Å². The Labute approximate surface area is 164 Å². The third-order valence-corrected chi connectivity index (χ3v) is 6.00. The molecule has 0 aliphatic carbocycles. The molecule has 0 radical (unpaired) electrons.